The van der Waals surface area contributed by atoms with E-state index in [1.54, 1.807) is 37.3 Å². The molecule has 0 radical (unpaired) electrons. The molecule has 0 saturated carbocycles. The van der Waals surface area contributed by atoms with Gasteiger partial charge in [0, 0.05) is 11.3 Å². The topological polar surface area (TPSA) is 127 Å². The normalized spacial score (nSPS) is 10.9. The standard InChI is InChI=1S/C31H21N5O4/c1-19-28(30(37)36(35-19)21-12-6-3-7-13-21)26-16-23(20-10-4-2-5-11-20)24(17-32)29(34-26)39-18-27-33-25-15-9-8-14-22(25)31(38)40-27/h2-16,35H,18H2,1H3. The molecule has 0 amide bonds. The lowest BCUT2D eigenvalue weighted by Gasteiger charge is -2.13. The van der Waals surface area contributed by atoms with Crippen molar-refractivity contribution in [2.45, 2.75) is 13.5 Å². The Balaban J connectivity index is 1.49. The summed E-state index contributed by atoms with van der Waals surface area (Å²) >= 11 is 0. The number of ether oxygens (including phenoxy) is 1. The molecular formula is C31H21N5O4. The zero-order chi connectivity index (χ0) is 27.6. The van der Waals surface area contributed by atoms with Crippen molar-refractivity contribution in [3.05, 3.63) is 129 Å². The van der Waals surface area contributed by atoms with E-state index in [1.807, 2.05) is 60.7 Å². The third-order valence-electron chi connectivity index (χ3n) is 6.44. The van der Waals surface area contributed by atoms with Crippen LogP contribution in [0.1, 0.15) is 17.1 Å². The zero-order valence-corrected chi connectivity index (χ0v) is 21.3. The van der Waals surface area contributed by atoms with E-state index in [0.717, 1.165) is 5.56 Å². The van der Waals surface area contributed by atoms with Gasteiger partial charge in [0.15, 0.2) is 6.61 Å². The first-order valence-corrected chi connectivity index (χ1v) is 12.4. The molecule has 0 aliphatic heterocycles. The molecule has 0 unspecified atom stereocenters. The summed E-state index contributed by atoms with van der Waals surface area (Å²) in [5.41, 5.74) is 3.03. The van der Waals surface area contributed by atoms with Crippen molar-refractivity contribution in [1.29, 1.82) is 5.26 Å². The Morgan fingerprint density at radius 3 is 2.40 bits per heavy atom. The molecule has 3 heterocycles. The highest BCUT2D eigenvalue weighted by Gasteiger charge is 2.22. The Hall–Kier alpha value is -5.75. The first kappa shape index (κ1) is 24.6. The lowest BCUT2D eigenvalue weighted by molar-refractivity contribution is 0.245. The number of aromatic amines is 1. The number of fused-ring (bicyclic) bond motifs is 1. The summed E-state index contributed by atoms with van der Waals surface area (Å²) in [6.07, 6.45) is 0. The van der Waals surface area contributed by atoms with Gasteiger partial charge >= 0.3 is 5.63 Å². The number of para-hydroxylation sites is 2. The summed E-state index contributed by atoms with van der Waals surface area (Å²) in [6.45, 7) is 1.53. The SMILES string of the molecule is Cc1[nH]n(-c2ccccc2)c(=O)c1-c1cc(-c2ccccc2)c(C#N)c(OCc2nc3ccccc3c(=O)o2)n1. The van der Waals surface area contributed by atoms with E-state index >= 15 is 0 Å². The largest absolute Gasteiger partial charge is 0.467 e. The van der Waals surface area contributed by atoms with E-state index in [2.05, 4.69) is 21.1 Å². The molecule has 0 aliphatic carbocycles. The predicted molar refractivity (Wildman–Crippen MR) is 149 cm³/mol. The fourth-order valence-corrected chi connectivity index (χ4v) is 4.57. The zero-order valence-electron chi connectivity index (χ0n) is 21.3. The average molecular weight is 528 g/mol. The fraction of sp³-hybridized carbons (Fsp3) is 0.0645. The number of pyridine rings is 1. The maximum absolute atomic E-state index is 13.6. The van der Waals surface area contributed by atoms with E-state index in [9.17, 15) is 14.9 Å². The summed E-state index contributed by atoms with van der Waals surface area (Å²) in [5.74, 6) is 0.0213. The lowest BCUT2D eigenvalue weighted by Crippen LogP contribution is -2.16. The number of aromatic nitrogens is 4. The number of nitriles is 1. The van der Waals surface area contributed by atoms with Crippen molar-refractivity contribution in [1.82, 2.24) is 19.7 Å². The summed E-state index contributed by atoms with van der Waals surface area (Å²) in [5, 5.41) is 13.6. The Morgan fingerprint density at radius 2 is 1.65 bits per heavy atom. The van der Waals surface area contributed by atoms with Crippen LogP contribution >= 0.6 is 0 Å². The Bertz CT molecular complexity index is 2020. The number of H-pyrrole nitrogens is 1. The molecule has 0 atom stereocenters. The van der Waals surface area contributed by atoms with Crippen molar-refractivity contribution in [3.63, 3.8) is 0 Å². The molecule has 0 saturated heterocycles. The van der Waals surface area contributed by atoms with Crippen LogP contribution < -0.4 is 15.9 Å². The second kappa shape index (κ2) is 10.2. The van der Waals surface area contributed by atoms with Crippen LogP contribution in [0.25, 0.3) is 39.0 Å². The van der Waals surface area contributed by atoms with Gasteiger partial charge < -0.3 is 9.15 Å². The van der Waals surface area contributed by atoms with Crippen LogP contribution in [0.4, 0.5) is 0 Å². The average Bonchev–Trinajstić information content (AvgIpc) is 3.29. The van der Waals surface area contributed by atoms with Gasteiger partial charge in [0.2, 0.25) is 11.8 Å². The van der Waals surface area contributed by atoms with E-state index in [1.165, 1.54) is 4.68 Å². The molecule has 0 aliphatic rings. The highest BCUT2D eigenvalue weighted by Crippen LogP contribution is 2.33. The van der Waals surface area contributed by atoms with Crippen molar-refractivity contribution < 1.29 is 9.15 Å². The maximum Gasteiger partial charge on any atom is 0.346 e. The minimum atomic E-state index is -0.541. The number of nitrogens with zero attached hydrogens (tertiary/aromatic N) is 4. The van der Waals surface area contributed by atoms with E-state index in [0.29, 0.717) is 39.1 Å². The van der Waals surface area contributed by atoms with Crippen LogP contribution in [0.3, 0.4) is 0 Å². The summed E-state index contributed by atoms with van der Waals surface area (Å²) in [7, 11) is 0. The van der Waals surface area contributed by atoms with Crippen molar-refractivity contribution in [2.24, 2.45) is 0 Å². The van der Waals surface area contributed by atoms with Gasteiger partial charge in [-0.2, -0.15) is 5.26 Å². The molecule has 3 aromatic heterocycles. The van der Waals surface area contributed by atoms with Crippen molar-refractivity contribution in [2.75, 3.05) is 0 Å². The molecule has 3 aromatic carbocycles. The van der Waals surface area contributed by atoms with Gasteiger partial charge in [-0.05, 0) is 42.8 Å². The molecule has 9 nitrogen and oxygen atoms in total. The number of rotatable bonds is 6. The van der Waals surface area contributed by atoms with Gasteiger partial charge in [0.25, 0.3) is 5.56 Å². The van der Waals surface area contributed by atoms with Crippen molar-refractivity contribution >= 4 is 10.9 Å². The third kappa shape index (κ3) is 4.44. The highest BCUT2D eigenvalue weighted by atomic mass is 16.5. The smallest absolute Gasteiger partial charge is 0.346 e. The third-order valence-corrected chi connectivity index (χ3v) is 6.44. The number of hydrogen-bond acceptors (Lipinski definition) is 7. The van der Waals surface area contributed by atoms with E-state index in [4.69, 9.17) is 9.15 Å². The van der Waals surface area contributed by atoms with Crippen LogP contribution in [0.5, 0.6) is 5.88 Å². The van der Waals surface area contributed by atoms with Gasteiger partial charge in [0.05, 0.1) is 27.8 Å². The van der Waals surface area contributed by atoms with Crippen LogP contribution in [0.15, 0.2) is 105 Å². The molecule has 9 heteroatoms. The van der Waals surface area contributed by atoms with Crippen LogP contribution in [-0.4, -0.2) is 19.7 Å². The van der Waals surface area contributed by atoms with Gasteiger partial charge in [-0.3, -0.25) is 9.89 Å². The minimum absolute atomic E-state index is 0.0114. The van der Waals surface area contributed by atoms with Crippen LogP contribution in [0, 0.1) is 18.3 Å². The molecular weight excluding hydrogens is 506 g/mol. The molecule has 6 aromatic rings. The molecule has 6 rings (SSSR count). The number of aryl methyl sites for hydroxylation is 1. The van der Waals surface area contributed by atoms with E-state index in [-0.39, 0.29) is 29.5 Å². The molecule has 0 fully saturated rings. The molecule has 0 spiro atoms. The van der Waals surface area contributed by atoms with Crippen molar-refractivity contribution in [3.8, 4) is 40.0 Å². The number of nitrogens with one attached hydrogen (secondary N) is 1. The summed E-state index contributed by atoms with van der Waals surface area (Å²) < 4.78 is 12.8. The fourth-order valence-electron chi connectivity index (χ4n) is 4.57. The highest BCUT2D eigenvalue weighted by molar-refractivity contribution is 5.78. The second-order valence-electron chi connectivity index (χ2n) is 9.00. The first-order valence-electron chi connectivity index (χ1n) is 12.4. The predicted octanol–water partition coefficient (Wildman–Crippen LogP) is 5.16. The molecule has 194 valence electrons. The van der Waals surface area contributed by atoms with Gasteiger partial charge in [-0.15, -0.1) is 0 Å². The Morgan fingerprint density at radius 1 is 0.950 bits per heavy atom. The summed E-state index contributed by atoms with van der Waals surface area (Å²) in [4.78, 5) is 35.0. The molecule has 40 heavy (non-hydrogen) atoms. The van der Waals surface area contributed by atoms with Gasteiger partial charge in [-0.1, -0.05) is 60.7 Å². The lowest BCUT2D eigenvalue weighted by atomic mass is 9.99. The Labute approximate surface area is 227 Å². The van der Waals surface area contributed by atoms with Gasteiger partial charge in [0.1, 0.15) is 11.6 Å². The monoisotopic (exact) mass is 527 g/mol. The Kier molecular flexibility index (Phi) is 6.26. The molecule has 0 bridgehead atoms. The quantitative estimate of drug-likeness (QED) is 0.317. The number of benzene rings is 3. The second-order valence-corrected chi connectivity index (χ2v) is 9.00. The minimum Gasteiger partial charge on any atom is -0.467 e. The molecule has 1 N–H and O–H groups in total. The summed E-state index contributed by atoms with van der Waals surface area (Å²) in [6, 6.07) is 29.2. The maximum atomic E-state index is 13.6. The van der Waals surface area contributed by atoms with Crippen LogP contribution in [-0.2, 0) is 6.61 Å². The van der Waals surface area contributed by atoms with E-state index < -0.39 is 5.63 Å². The van der Waals surface area contributed by atoms with Crippen LogP contribution in [0.2, 0.25) is 0 Å². The first-order chi connectivity index (χ1) is 19.5. The van der Waals surface area contributed by atoms with Gasteiger partial charge in [-0.25, -0.2) is 19.4 Å². The number of hydrogen-bond donors (Lipinski definition) is 1.